The predicted octanol–water partition coefficient (Wildman–Crippen LogP) is -0.738. The predicted molar refractivity (Wildman–Crippen MR) is 58.6 cm³/mol. The molecule has 0 bridgehead atoms. The number of aromatic amines is 1. The topological polar surface area (TPSA) is 109 Å². The standard InChI is InChI=1S/C7H12N2.2C2H4O2.Zn/c1-2-3-4-7-8-5-6-9-7;2*1-2(3)4;/h5-6H,2-4H2,1H3,(H,8,9);2*1H3,(H,3,4);/q;;;+2/p-2. The number of carboxylic acid groups (broad SMARTS) is 2. The first-order valence-electron chi connectivity index (χ1n) is 5.23. The Morgan fingerprint density at radius 2 is 1.72 bits per heavy atom. The van der Waals surface area contributed by atoms with Crippen molar-refractivity contribution < 1.29 is 39.3 Å². The molecule has 0 saturated carbocycles. The van der Waals surface area contributed by atoms with E-state index >= 15 is 0 Å². The van der Waals surface area contributed by atoms with Crippen molar-refractivity contribution in [2.24, 2.45) is 0 Å². The molecule has 1 aromatic heterocycles. The van der Waals surface area contributed by atoms with Crippen LogP contribution in [0.25, 0.3) is 0 Å². The van der Waals surface area contributed by atoms with Gasteiger partial charge in [0.15, 0.2) is 0 Å². The fraction of sp³-hybridized carbons (Fsp3) is 0.545. The molecule has 0 spiro atoms. The van der Waals surface area contributed by atoms with E-state index in [0.717, 1.165) is 26.1 Å². The fourth-order valence-electron chi connectivity index (χ4n) is 0.779. The van der Waals surface area contributed by atoms with Crippen LogP contribution >= 0.6 is 0 Å². The third-order valence-corrected chi connectivity index (χ3v) is 1.32. The summed E-state index contributed by atoms with van der Waals surface area (Å²) in [6.45, 7) is 4.13. The molecular formula is C11H18N2O4Zn. The summed E-state index contributed by atoms with van der Waals surface area (Å²) in [7, 11) is 0. The van der Waals surface area contributed by atoms with Crippen molar-refractivity contribution in [1.82, 2.24) is 9.97 Å². The maximum atomic E-state index is 8.89. The molecule has 7 heteroatoms. The Morgan fingerprint density at radius 1 is 1.28 bits per heavy atom. The summed E-state index contributed by atoms with van der Waals surface area (Å²) in [5.41, 5.74) is 0. The smallest absolute Gasteiger partial charge is 0.550 e. The molecule has 0 saturated heterocycles. The van der Waals surface area contributed by atoms with E-state index in [4.69, 9.17) is 19.8 Å². The van der Waals surface area contributed by atoms with E-state index in [1.807, 2.05) is 6.20 Å². The zero-order valence-corrected chi connectivity index (χ0v) is 14.0. The van der Waals surface area contributed by atoms with Crippen LogP contribution in [-0.4, -0.2) is 21.9 Å². The SMILES string of the molecule is CC(=O)[O-].CC(=O)[O-].CCCCc1ncc[nH]1.[Zn+2]. The number of hydrogen-bond donors (Lipinski definition) is 1. The number of rotatable bonds is 3. The number of carboxylic acids is 2. The van der Waals surface area contributed by atoms with E-state index in [0.29, 0.717) is 0 Å². The first-order valence-corrected chi connectivity index (χ1v) is 5.23. The summed E-state index contributed by atoms with van der Waals surface area (Å²) in [6.07, 6.45) is 7.22. The van der Waals surface area contributed by atoms with Crippen LogP contribution < -0.4 is 10.2 Å². The second-order valence-electron chi connectivity index (χ2n) is 3.12. The molecule has 0 aromatic carbocycles. The molecule has 0 amide bonds. The van der Waals surface area contributed by atoms with E-state index in [2.05, 4.69) is 16.9 Å². The van der Waals surface area contributed by atoms with Crippen molar-refractivity contribution in [2.45, 2.75) is 40.0 Å². The number of aromatic nitrogens is 2. The largest absolute Gasteiger partial charge is 2.00 e. The van der Waals surface area contributed by atoms with E-state index in [-0.39, 0.29) is 19.5 Å². The number of hydrogen-bond acceptors (Lipinski definition) is 5. The van der Waals surface area contributed by atoms with Crippen molar-refractivity contribution >= 4 is 11.9 Å². The van der Waals surface area contributed by atoms with Crippen molar-refractivity contribution in [3.63, 3.8) is 0 Å². The van der Waals surface area contributed by atoms with Gasteiger partial charge in [-0.25, -0.2) is 4.98 Å². The van der Waals surface area contributed by atoms with Crippen molar-refractivity contribution in [3.05, 3.63) is 18.2 Å². The van der Waals surface area contributed by atoms with E-state index in [9.17, 15) is 0 Å². The van der Waals surface area contributed by atoms with Crippen LogP contribution in [0.1, 0.15) is 39.4 Å². The monoisotopic (exact) mass is 306 g/mol. The second-order valence-corrected chi connectivity index (χ2v) is 3.12. The molecule has 98 valence electrons. The number of H-pyrrole nitrogens is 1. The Balaban J connectivity index is -0.000000214. The number of unbranched alkanes of at least 4 members (excludes halogenated alkanes) is 1. The van der Waals surface area contributed by atoms with Crippen LogP contribution in [-0.2, 0) is 35.5 Å². The maximum absolute atomic E-state index is 8.89. The van der Waals surface area contributed by atoms with Gasteiger partial charge in [0.1, 0.15) is 5.82 Å². The molecule has 0 atom stereocenters. The van der Waals surface area contributed by atoms with Crippen LogP contribution in [0.5, 0.6) is 0 Å². The van der Waals surface area contributed by atoms with Crippen LogP contribution in [0.2, 0.25) is 0 Å². The third kappa shape index (κ3) is 29.3. The Bertz CT molecular complexity index is 282. The van der Waals surface area contributed by atoms with Crippen molar-refractivity contribution in [2.75, 3.05) is 0 Å². The first kappa shape index (κ1) is 22.0. The molecule has 6 nitrogen and oxygen atoms in total. The first-order chi connectivity index (χ1) is 7.90. The van der Waals surface area contributed by atoms with Crippen LogP contribution in [0.4, 0.5) is 0 Å². The number of nitrogens with zero attached hydrogens (tertiary/aromatic N) is 1. The van der Waals surface area contributed by atoms with Gasteiger partial charge in [-0.3, -0.25) is 0 Å². The zero-order valence-electron chi connectivity index (χ0n) is 11.1. The quantitative estimate of drug-likeness (QED) is 0.740. The number of carbonyl (C=O) groups is 2. The molecule has 0 aliphatic carbocycles. The van der Waals surface area contributed by atoms with Gasteiger partial charge in [0.25, 0.3) is 0 Å². The summed E-state index contributed by atoms with van der Waals surface area (Å²) in [5, 5.41) is 17.8. The Morgan fingerprint density at radius 3 is 2.00 bits per heavy atom. The Labute approximate surface area is 120 Å². The molecule has 0 aliphatic rings. The fourth-order valence-corrected chi connectivity index (χ4v) is 0.779. The summed E-state index contributed by atoms with van der Waals surface area (Å²) < 4.78 is 0. The summed E-state index contributed by atoms with van der Waals surface area (Å²) in [4.78, 5) is 24.9. The number of aryl methyl sites for hydroxylation is 1. The van der Waals surface area contributed by atoms with Crippen LogP contribution in [0, 0.1) is 0 Å². The number of imidazole rings is 1. The number of carbonyl (C=O) groups excluding carboxylic acids is 2. The van der Waals surface area contributed by atoms with Gasteiger partial charge in [0, 0.05) is 30.8 Å². The van der Waals surface area contributed by atoms with Gasteiger partial charge in [-0.05, 0) is 20.3 Å². The summed E-state index contributed by atoms with van der Waals surface area (Å²) >= 11 is 0. The van der Waals surface area contributed by atoms with Gasteiger partial charge in [-0.15, -0.1) is 0 Å². The molecule has 0 fully saturated rings. The van der Waals surface area contributed by atoms with E-state index < -0.39 is 11.9 Å². The molecule has 1 aromatic rings. The van der Waals surface area contributed by atoms with Gasteiger partial charge < -0.3 is 24.8 Å². The third-order valence-electron chi connectivity index (χ3n) is 1.32. The van der Waals surface area contributed by atoms with E-state index in [1.54, 1.807) is 6.20 Å². The van der Waals surface area contributed by atoms with Gasteiger partial charge in [0.2, 0.25) is 0 Å². The van der Waals surface area contributed by atoms with Crippen molar-refractivity contribution in [3.8, 4) is 0 Å². The van der Waals surface area contributed by atoms with Crippen LogP contribution in [0.3, 0.4) is 0 Å². The molecule has 0 radical (unpaired) electrons. The molecule has 0 aliphatic heterocycles. The molecule has 1 N–H and O–H groups in total. The Hall–Kier alpha value is -1.23. The van der Waals surface area contributed by atoms with Gasteiger partial charge in [-0.2, -0.15) is 0 Å². The minimum atomic E-state index is -1.08. The second kappa shape index (κ2) is 15.8. The molecule has 1 heterocycles. The van der Waals surface area contributed by atoms with Gasteiger partial charge >= 0.3 is 19.5 Å². The van der Waals surface area contributed by atoms with Crippen LogP contribution in [0.15, 0.2) is 12.4 Å². The Kier molecular flexibility index (Phi) is 19.3. The molecular weight excluding hydrogens is 290 g/mol. The minimum absolute atomic E-state index is 0. The zero-order chi connectivity index (χ0) is 13.7. The number of nitrogens with one attached hydrogen (secondary N) is 1. The number of aliphatic carboxylic acids is 2. The average Bonchev–Trinajstić information content (AvgIpc) is 2.65. The van der Waals surface area contributed by atoms with Gasteiger partial charge in [0.05, 0.1) is 0 Å². The molecule has 1 rings (SSSR count). The summed E-state index contributed by atoms with van der Waals surface area (Å²) in [5.74, 6) is -1.06. The van der Waals surface area contributed by atoms with Crippen molar-refractivity contribution in [1.29, 1.82) is 0 Å². The summed E-state index contributed by atoms with van der Waals surface area (Å²) in [6, 6.07) is 0. The average molecular weight is 308 g/mol. The van der Waals surface area contributed by atoms with Gasteiger partial charge in [-0.1, -0.05) is 13.3 Å². The maximum Gasteiger partial charge on any atom is 2.00 e. The molecule has 18 heavy (non-hydrogen) atoms. The minimum Gasteiger partial charge on any atom is -0.550 e. The normalized spacial score (nSPS) is 7.72. The van der Waals surface area contributed by atoms with E-state index in [1.165, 1.54) is 12.8 Å². The molecule has 0 unspecified atom stereocenters.